The normalized spacial score (nSPS) is 10.8. The van der Waals surface area contributed by atoms with Gasteiger partial charge >= 0.3 is 0 Å². The van der Waals surface area contributed by atoms with E-state index in [1.54, 1.807) is 17.8 Å². The van der Waals surface area contributed by atoms with Crippen LogP contribution in [0.3, 0.4) is 0 Å². The van der Waals surface area contributed by atoms with E-state index in [0.29, 0.717) is 5.25 Å². The molecule has 2 aromatic rings. The van der Waals surface area contributed by atoms with Gasteiger partial charge in [-0.25, -0.2) is 9.97 Å². The third-order valence-corrected chi connectivity index (χ3v) is 3.04. The Morgan fingerprint density at radius 3 is 2.65 bits per heavy atom. The lowest BCUT2D eigenvalue weighted by Crippen LogP contribution is -1.91. The number of hydrogen-bond acceptors (Lipinski definition) is 3. The zero-order valence-corrected chi connectivity index (χ0v) is 10.5. The number of aromatic nitrogens is 2. The highest BCUT2D eigenvalue weighted by molar-refractivity contribution is 7.99. The van der Waals surface area contributed by atoms with Gasteiger partial charge in [0, 0.05) is 17.0 Å². The van der Waals surface area contributed by atoms with E-state index < -0.39 is 5.95 Å². The molecular weight excluding hydrogens is 235 g/mol. The van der Waals surface area contributed by atoms with Gasteiger partial charge in [0.25, 0.3) is 0 Å². The fraction of sp³-hybridized carbons (Fsp3) is 0.231. The molecule has 88 valence electrons. The molecule has 4 heteroatoms. The Morgan fingerprint density at radius 2 is 2.00 bits per heavy atom. The molecule has 2 rings (SSSR count). The number of pyridine rings is 2. The van der Waals surface area contributed by atoms with Crippen LogP contribution in [0, 0.1) is 5.95 Å². The van der Waals surface area contributed by atoms with E-state index in [4.69, 9.17) is 0 Å². The number of hydrogen-bond donors (Lipinski definition) is 0. The summed E-state index contributed by atoms with van der Waals surface area (Å²) < 4.78 is 12.7. The first-order valence-electron chi connectivity index (χ1n) is 5.41. The van der Waals surface area contributed by atoms with Crippen molar-refractivity contribution < 1.29 is 4.39 Å². The molecule has 0 aliphatic carbocycles. The highest BCUT2D eigenvalue weighted by Gasteiger charge is 2.04. The lowest BCUT2D eigenvalue weighted by atomic mass is 10.2. The van der Waals surface area contributed by atoms with Crippen LogP contribution in [0.25, 0.3) is 11.3 Å². The first-order valence-corrected chi connectivity index (χ1v) is 6.29. The zero-order valence-electron chi connectivity index (χ0n) is 9.72. The van der Waals surface area contributed by atoms with E-state index in [1.165, 1.54) is 12.3 Å². The molecule has 0 spiro atoms. The second-order valence-corrected chi connectivity index (χ2v) is 5.49. The molecule has 2 aromatic heterocycles. The number of rotatable bonds is 3. The number of nitrogens with zero attached hydrogens (tertiary/aromatic N) is 2. The van der Waals surface area contributed by atoms with Crippen LogP contribution < -0.4 is 0 Å². The molecule has 0 atom stereocenters. The Hall–Kier alpha value is -1.42. The maximum Gasteiger partial charge on any atom is 0.212 e. The van der Waals surface area contributed by atoms with Gasteiger partial charge in [-0.3, -0.25) is 0 Å². The first kappa shape index (κ1) is 12.0. The largest absolute Gasteiger partial charge is 0.241 e. The fourth-order valence-electron chi connectivity index (χ4n) is 1.41. The average molecular weight is 248 g/mol. The molecule has 0 bridgehead atoms. The second-order valence-electron chi connectivity index (χ2n) is 3.90. The lowest BCUT2D eigenvalue weighted by molar-refractivity contribution is 0.584. The summed E-state index contributed by atoms with van der Waals surface area (Å²) in [6.45, 7) is 4.25. The second kappa shape index (κ2) is 5.27. The van der Waals surface area contributed by atoms with Crippen molar-refractivity contribution in [3.63, 3.8) is 0 Å². The SMILES string of the molecule is CC(C)Sc1cccc(-c2ccc(F)nc2)n1. The van der Waals surface area contributed by atoms with E-state index in [1.807, 2.05) is 18.2 Å². The minimum Gasteiger partial charge on any atom is -0.241 e. The molecule has 0 fully saturated rings. The summed E-state index contributed by atoms with van der Waals surface area (Å²) in [5.41, 5.74) is 1.65. The molecule has 0 unspecified atom stereocenters. The van der Waals surface area contributed by atoms with Gasteiger partial charge in [0.1, 0.15) is 0 Å². The standard InChI is InChI=1S/C13H13FN2S/c1-9(2)17-13-5-3-4-11(16-13)10-6-7-12(14)15-8-10/h3-9H,1-2H3. The van der Waals surface area contributed by atoms with Gasteiger partial charge in [0.2, 0.25) is 5.95 Å². The van der Waals surface area contributed by atoms with Crippen molar-refractivity contribution in [1.82, 2.24) is 9.97 Å². The predicted octanol–water partition coefficient (Wildman–Crippen LogP) is 3.78. The lowest BCUT2D eigenvalue weighted by Gasteiger charge is -2.06. The topological polar surface area (TPSA) is 25.8 Å². The summed E-state index contributed by atoms with van der Waals surface area (Å²) in [5, 5.41) is 1.46. The van der Waals surface area contributed by atoms with Crippen LogP contribution >= 0.6 is 11.8 Å². The van der Waals surface area contributed by atoms with Gasteiger partial charge in [-0.2, -0.15) is 4.39 Å². The van der Waals surface area contributed by atoms with Crippen LogP contribution in [0.2, 0.25) is 0 Å². The smallest absolute Gasteiger partial charge is 0.212 e. The molecule has 0 N–H and O–H groups in total. The van der Waals surface area contributed by atoms with Crippen molar-refractivity contribution in [3.05, 3.63) is 42.5 Å². The molecule has 2 heterocycles. The van der Waals surface area contributed by atoms with Gasteiger partial charge < -0.3 is 0 Å². The van der Waals surface area contributed by atoms with E-state index in [-0.39, 0.29) is 0 Å². The summed E-state index contributed by atoms with van der Waals surface area (Å²) in [7, 11) is 0. The van der Waals surface area contributed by atoms with E-state index in [9.17, 15) is 4.39 Å². The summed E-state index contributed by atoms with van der Waals surface area (Å²) in [6, 6.07) is 8.87. The Morgan fingerprint density at radius 1 is 1.18 bits per heavy atom. The minimum absolute atomic E-state index is 0.471. The Balaban J connectivity index is 2.29. The Bertz CT molecular complexity index is 497. The molecule has 0 aliphatic rings. The molecule has 0 aliphatic heterocycles. The molecule has 0 radical (unpaired) electrons. The van der Waals surface area contributed by atoms with Gasteiger partial charge in [0.15, 0.2) is 0 Å². The van der Waals surface area contributed by atoms with Crippen LogP contribution in [0.1, 0.15) is 13.8 Å². The average Bonchev–Trinajstić information content (AvgIpc) is 2.29. The van der Waals surface area contributed by atoms with Crippen LogP contribution in [-0.2, 0) is 0 Å². The molecule has 0 saturated carbocycles. The fourth-order valence-corrected chi connectivity index (χ4v) is 2.20. The van der Waals surface area contributed by atoms with Crippen LogP contribution in [0.5, 0.6) is 0 Å². The highest BCUT2D eigenvalue weighted by Crippen LogP contribution is 2.24. The Kier molecular flexibility index (Phi) is 3.74. The van der Waals surface area contributed by atoms with Crippen molar-refractivity contribution in [2.24, 2.45) is 0 Å². The number of halogens is 1. The van der Waals surface area contributed by atoms with Crippen LogP contribution in [0.15, 0.2) is 41.6 Å². The van der Waals surface area contributed by atoms with E-state index in [2.05, 4.69) is 23.8 Å². The summed E-state index contributed by atoms with van der Waals surface area (Å²) in [5.74, 6) is -0.471. The number of thioether (sulfide) groups is 1. The van der Waals surface area contributed by atoms with Crippen molar-refractivity contribution in [2.45, 2.75) is 24.1 Å². The molecular formula is C13H13FN2S. The van der Waals surface area contributed by atoms with Gasteiger partial charge in [0.05, 0.1) is 10.7 Å². The zero-order chi connectivity index (χ0) is 12.3. The van der Waals surface area contributed by atoms with Gasteiger partial charge in [-0.05, 0) is 24.3 Å². The monoisotopic (exact) mass is 248 g/mol. The molecule has 2 nitrogen and oxygen atoms in total. The van der Waals surface area contributed by atoms with Crippen LogP contribution in [-0.4, -0.2) is 15.2 Å². The highest BCUT2D eigenvalue weighted by atomic mass is 32.2. The molecule has 0 aromatic carbocycles. The molecule has 0 saturated heterocycles. The Labute approximate surface area is 104 Å². The van der Waals surface area contributed by atoms with Gasteiger partial charge in [-0.1, -0.05) is 19.9 Å². The predicted molar refractivity (Wildman–Crippen MR) is 68.4 cm³/mol. The van der Waals surface area contributed by atoms with Crippen LogP contribution in [0.4, 0.5) is 4.39 Å². The third-order valence-electron chi connectivity index (χ3n) is 2.10. The van der Waals surface area contributed by atoms with E-state index in [0.717, 1.165) is 16.3 Å². The first-order chi connectivity index (χ1) is 8.15. The van der Waals surface area contributed by atoms with Crippen molar-refractivity contribution in [2.75, 3.05) is 0 Å². The summed E-state index contributed by atoms with van der Waals surface area (Å²) in [6.07, 6.45) is 1.50. The van der Waals surface area contributed by atoms with Crippen molar-refractivity contribution in [1.29, 1.82) is 0 Å². The summed E-state index contributed by atoms with van der Waals surface area (Å²) in [4.78, 5) is 8.15. The molecule has 17 heavy (non-hydrogen) atoms. The quantitative estimate of drug-likeness (QED) is 0.610. The van der Waals surface area contributed by atoms with Crippen molar-refractivity contribution >= 4 is 11.8 Å². The molecule has 0 amide bonds. The minimum atomic E-state index is -0.471. The summed E-state index contributed by atoms with van der Waals surface area (Å²) >= 11 is 1.70. The van der Waals surface area contributed by atoms with Crippen molar-refractivity contribution in [3.8, 4) is 11.3 Å². The van der Waals surface area contributed by atoms with E-state index >= 15 is 0 Å². The maximum atomic E-state index is 12.7. The van der Waals surface area contributed by atoms with Gasteiger partial charge in [-0.15, -0.1) is 11.8 Å². The third kappa shape index (κ3) is 3.27. The maximum absolute atomic E-state index is 12.7.